The fourth-order valence-electron chi connectivity index (χ4n) is 4.44. The van der Waals surface area contributed by atoms with Crippen molar-refractivity contribution in [3.05, 3.63) is 0 Å². The first-order chi connectivity index (χ1) is 18.0. The minimum Gasteiger partial charge on any atom is -0.748 e. The minimum atomic E-state index is -4.20. The molecule has 0 saturated carbocycles. The summed E-state index contributed by atoms with van der Waals surface area (Å²) in [5, 5.41) is 0. The van der Waals surface area contributed by atoms with Crippen LogP contribution in [0.25, 0.3) is 0 Å². The van der Waals surface area contributed by atoms with Crippen molar-refractivity contribution in [2.75, 3.05) is 38.8 Å². The van der Waals surface area contributed by atoms with Gasteiger partial charge in [-0.25, -0.2) is 8.42 Å². The molecule has 0 atom stereocenters. The van der Waals surface area contributed by atoms with Crippen LogP contribution in [0.5, 0.6) is 0 Å². The Morgan fingerprint density at radius 2 is 0.865 bits per heavy atom. The first-order valence-corrected chi connectivity index (χ1v) is 17.3. The lowest BCUT2D eigenvalue weighted by Crippen LogP contribution is -2.27. The molecule has 0 bridgehead atoms. The van der Waals surface area contributed by atoms with Gasteiger partial charge in [-0.2, -0.15) is 0 Å². The lowest BCUT2D eigenvalue weighted by Gasteiger charge is -2.19. The number of rotatable bonds is 31. The molecule has 0 amide bonds. The van der Waals surface area contributed by atoms with Gasteiger partial charge in [-0.3, -0.25) is 0 Å². The number of unbranched alkanes of at least 4 members (excludes halogenated alkanes) is 18. The van der Waals surface area contributed by atoms with Crippen LogP contribution in [0.3, 0.4) is 0 Å². The third-order valence-corrected chi connectivity index (χ3v) is 7.57. The van der Waals surface area contributed by atoms with Crippen molar-refractivity contribution in [3.8, 4) is 0 Å². The molecule has 0 saturated heterocycles. The average molecular weight is 550 g/mol. The summed E-state index contributed by atoms with van der Waals surface area (Å²) in [4.78, 5) is 0. The summed E-state index contributed by atoms with van der Waals surface area (Å²) in [6, 6.07) is 0. The summed E-state index contributed by atoms with van der Waals surface area (Å²) >= 11 is 0. The van der Waals surface area contributed by atoms with Crippen LogP contribution >= 0.6 is 0 Å². The SMILES string of the molecule is CCCCCCCCCCCCOCC(COCCCCCCCCCCCC)OCCCS(=O)(=O)[O-]. The standard InChI is InChI=1S/C30H62O6S/c1-3-5-7-9-11-13-15-17-19-21-24-34-28-30(36-26-23-27-37(31,32)33)29-35-25-22-20-18-16-14-12-10-8-6-4-2/h30H,3-29H2,1-2H3,(H,31,32,33)/p-1. The van der Waals surface area contributed by atoms with Crippen molar-refractivity contribution in [2.45, 2.75) is 155 Å². The van der Waals surface area contributed by atoms with E-state index in [1.165, 1.54) is 116 Å². The van der Waals surface area contributed by atoms with E-state index in [9.17, 15) is 13.0 Å². The second-order valence-corrected chi connectivity index (χ2v) is 12.1. The Morgan fingerprint density at radius 3 is 1.22 bits per heavy atom. The van der Waals surface area contributed by atoms with Crippen LogP contribution in [0.1, 0.15) is 149 Å². The van der Waals surface area contributed by atoms with Crippen molar-refractivity contribution in [2.24, 2.45) is 0 Å². The van der Waals surface area contributed by atoms with Crippen molar-refractivity contribution in [3.63, 3.8) is 0 Å². The van der Waals surface area contributed by atoms with Crippen LogP contribution in [0.4, 0.5) is 0 Å². The van der Waals surface area contributed by atoms with Crippen LogP contribution in [0.2, 0.25) is 0 Å². The molecule has 37 heavy (non-hydrogen) atoms. The fourth-order valence-corrected chi connectivity index (χ4v) is 4.91. The van der Waals surface area contributed by atoms with Crippen molar-refractivity contribution >= 4 is 10.1 Å². The van der Waals surface area contributed by atoms with E-state index < -0.39 is 15.9 Å². The molecule has 0 rings (SSSR count). The number of hydrogen-bond donors (Lipinski definition) is 0. The van der Waals surface area contributed by atoms with Crippen molar-refractivity contribution < 1.29 is 27.2 Å². The summed E-state index contributed by atoms with van der Waals surface area (Å²) in [5.74, 6) is -0.390. The first-order valence-electron chi connectivity index (χ1n) is 15.7. The highest BCUT2D eigenvalue weighted by molar-refractivity contribution is 7.85. The first kappa shape index (κ1) is 36.8. The summed E-state index contributed by atoms with van der Waals surface area (Å²) in [6.07, 6.45) is 25.9. The number of ether oxygens (including phenoxy) is 3. The van der Waals surface area contributed by atoms with Gasteiger partial charge in [0.25, 0.3) is 0 Å². The Labute approximate surface area is 230 Å². The molecule has 0 fully saturated rings. The van der Waals surface area contributed by atoms with E-state index in [1.54, 1.807) is 0 Å². The Kier molecular flexibility index (Phi) is 28.6. The van der Waals surface area contributed by atoms with Gasteiger partial charge in [0, 0.05) is 25.6 Å². The fraction of sp³-hybridized carbons (Fsp3) is 1.00. The Balaban J connectivity index is 3.84. The molecule has 0 heterocycles. The highest BCUT2D eigenvalue weighted by Gasteiger charge is 2.10. The van der Waals surface area contributed by atoms with Gasteiger partial charge >= 0.3 is 0 Å². The molecule has 0 N–H and O–H groups in total. The van der Waals surface area contributed by atoms with E-state index in [2.05, 4.69) is 13.8 Å². The topological polar surface area (TPSA) is 84.9 Å². The lowest BCUT2D eigenvalue weighted by molar-refractivity contribution is -0.0605. The molecule has 6 nitrogen and oxygen atoms in total. The predicted octanol–water partition coefficient (Wildman–Crippen LogP) is 8.18. The maximum absolute atomic E-state index is 10.8. The maximum Gasteiger partial charge on any atom is 0.104 e. The second-order valence-electron chi connectivity index (χ2n) is 10.6. The Bertz CT molecular complexity index is 512. The van der Waals surface area contributed by atoms with Crippen LogP contribution in [-0.4, -0.2) is 57.9 Å². The van der Waals surface area contributed by atoms with Gasteiger partial charge < -0.3 is 18.8 Å². The second kappa shape index (κ2) is 28.8. The predicted molar refractivity (Wildman–Crippen MR) is 154 cm³/mol. The summed E-state index contributed by atoms with van der Waals surface area (Å²) in [6.45, 7) is 7.05. The van der Waals surface area contributed by atoms with Gasteiger partial charge in [-0.05, 0) is 19.3 Å². The van der Waals surface area contributed by atoms with E-state index >= 15 is 0 Å². The van der Waals surface area contributed by atoms with Gasteiger partial charge in [-0.1, -0.05) is 129 Å². The van der Waals surface area contributed by atoms with Gasteiger partial charge in [-0.15, -0.1) is 0 Å². The Morgan fingerprint density at radius 1 is 0.514 bits per heavy atom. The van der Waals surface area contributed by atoms with E-state index in [1.807, 2.05) is 0 Å². The lowest BCUT2D eigenvalue weighted by atomic mass is 10.1. The average Bonchev–Trinajstić information content (AvgIpc) is 2.86. The van der Waals surface area contributed by atoms with E-state index in [0.29, 0.717) is 26.4 Å². The molecular weight excluding hydrogens is 488 g/mol. The van der Waals surface area contributed by atoms with Gasteiger partial charge in [0.15, 0.2) is 0 Å². The molecule has 0 spiro atoms. The zero-order valence-electron chi connectivity index (χ0n) is 24.5. The monoisotopic (exact) mass is 549 g/mol. The third kappa shape index (κ3) is 31.9. The molecule has 224 valence electrons. The minimum absolute atomic E-state index is 0.208. The quantitative estimate of drug-likeness (QED) is 0.0640. The molecule has 0 aliphatic carbocycles. The molecule has 0 radical (unpaired) electrons. The molecule has 0 aliphatic heterocycles. The van der Waals surface area contributed by atoms with Crippen LogP contribution in [0.15, 0.2) is 0 Å². The van der Waals surface area contributed by atoms with Gasteiger partial charge in [0.1, 0.15) is 6.10 Å². The normalized spacial score (nSPS) is 12.1. The maximum atomic E-state index is 10.8. The molecule has 0 aromatic rings. The molecule has 7 heteroatoms. The van der Waals surface area contributed by atoms with Crippen LogP contribution < -0.4 is 0 Å². The van der Waals surface area contributed by atoms with Crippen molar-refractivity contribution in [1.29, 1.82) is 0 Å². The van der Waals surface area contributed by atoms with E-state index in [4.69, 9.17) is 14.2 Å². The molecular formula is C30H61O6S-. The summed E-state index contributed by atoms with van der Waals surface area (Å²) in [7, 11) is -4.20. The highest BCUT2D eigenvalue weighted by atomic mass is 32.2. The molecule has 0 aromatic carbocycles. The summed E-state index contributed by atoms with van der Waals surface area (Å²) < 4.78 is 49.9. The van der Waals surface area contributed by atoms with Crippen LogP contribution in [-0.2, 0) is 24.3 Å². The Hall–Kier alpha value is -0.210. The highest BCUT2D eigenvalue weighted by Crippen LogP contribution is 2.12. The largest absolute Gasteiger partial charge is 0.748 e. The van der Waals surface area contributed by atoms with Gasteiger partial charge in [0.2, 0.25) is 0 Å². The van der Waals surface area contributed by atoms with Crippen LogP contribution in [0, 0.1) is 0 Å². The molecule has 0 aliphatic rings. The zero-order chi connectivity index (χ0) is 27.3. The third-order valence-electron chi connectivity index (χ3n) is 6.78. The molecule has 0 aromatic heterocycles. The number of hydrogen-bond acceptors (Lipinski definition) is 6. The summed E-state index contributed by atoms with van der Waals surface area (Å²) in [5.41, 5.74) is 0. The van der Waals surface area contributed by atoms with E-state index in [0.717, 1.165) is 12.8 Å². The van der Waals surface area contributed by atoms with Crippen molar-refractivity contribution in [1.82, 2.24) is 0 Å². The smallest absolute Gasteiger partial charge is 0.104 e. The van der Waals surface area contributed by atoms with E-state index in [-0.39, 0.29) is 19.1 Å². The molecule has 0 unspecified atom stereocenters. The zero-order valence-corrected chi connectivity index (χ0v) is 25.3. The van der Waals surface area contributed by atoms with Gasteiger partial charge in [0.05, 0.1) is 23.3 Å².